The summed E-state index contributed by atoms with van der Waals surface area (Å²) in [6, 6.07) is 10.5. The normalized spacial score (nSPS) is 19.1. The molecular formula is C23H24N3O+. The molecule has 1 aromatic carbocycles. The lowest BCUT2D eigenvalue weighted by Gasteiger charge is -2.25. The zero-order chi connectivity index (χ0) is 18.8. The van der Waals surface area contributed by atoms with Gasteiger partial charge in [-0.05, 0) is 24.6 Å². The Morgan fingerprint density at radius 1 is 1.22 bits per heavy atom. The number of hydrogen-bond acceptors (Lipinski definition) is 2. The zero-order valence-electron chi connectivity index (χ0n) is 16.1. The maximum Gasteiger partial charge on any atom is 0.226 e. The molecule has 1 aliphatic heterocycles. The van der Waals surface area contributed by atoms with Gasteiger partial charge in [0.05, 0.1) is 11.1 Å². The van der Waals surface area contributed by atoms with E-state index < -0.39 is 0 Å². The molecule has 136 valence electrons. The molecular weight excluding hydrogens is 334 g/mol. The number of rotatable bonds is 2. The lowest BCUT2D eigenvalue weighted by Crippen LogP contribution is -2.34. The van der Waals surface area contributed by atoms with E-state index in [0.29, 0.717) is 6.54 Å². The first-order valence-electron chi connectivity index (χ1n) is 9.68. The fourth-order valence-electron chi connectivity index (χ4n) is 4.65. The summed E-state index contributed by atoms with van der Waals surface area (Å²) in [7, 11) is 0. The van der Waals surface area contributed by atoms with Gasteiger partial charge in [0, 0.05) is 48.1 Å². The average molecular weight is 358 g/mol. The van der Waals surface area contributed by atoms with E-state index in [1.165, 1.54) is 16.6 Å². The molecule has 0 N–H and O–H groups in total. The Kier molecular flexibility index (Phi) is 3.42. The van der Waals surface area contributed by atoms with Gasteiger partial charge in [-0.15, -0.1) is 0 Å². The van der Waals surface area contributed by atoms with Crippen LogP contribution >= 0.6 is 0 Å². The molecule has 5 rings (SSSR count). The summed E-state index contributed by atoms with van der Waals surface area (Å²) in [5, 5.41) is 1.19. The lowest BCUT2D eigenvalue weighted by atomic mass is 9.83. The number of hydrogen-bond donors (Lipinski definition) is 0. The minimum atomic E-state index is -0.0311. The van der Waals surface area contributed by atoms with Crippen LogP contribution in [0.3, 0.4) is 0 Å². The fraction of sp³-hybridized carbons (Fsp3) is 0.348. The number of ketones is 1. The Morgan fingerprint density at radius 2 is 2.04 bits per heavy atom. The molecule has 2 aliphatic rings. The summed E-state index contributed by atoms with van der Waals surface area (Å²) in [6.07, 6.45) is 7.77. The van der Waals surface area contributed by atoms with Crippen molar-refractivity contribution < 1.29 is 9.36 Å². The first-order valence-corrected chi connectivity index (χ1v) is 9.68. The maximum absolute atomic E-state index is 13.5. The molecule has 0 radical (unpaired) electrons. The van der Waals surface area contributed by atoms with Gasteiger partial charge in [0.1, 0.15) is 5.82 Å². The Bertz CT molecular complexity index is 1110. The van der Waals surface area contributed by atoms with Crippen molar-refractivity contribution in [2.75, 3.05) is 0 Å². The summed E-state index contributed by atoms with van der Waals surface area (Å²) in [5.41, 5.74) is 4.35. The highest BCUT2D eigenvalue weighted by Gasteiger charge is 2.42. The molecule has 0 saturated heterocycles. The van der Waals surface area contributed by atoms with Crippen LogP contribution in [0.1, 0.15) is 45.0 Å². The lowest BCUT2D eigenvalue weighted by molar-refractivity contribution is -0.551. The van der Waals surface area contributed by atoms with Crippen LogP contribution in [0.25, 0.3) is 22.2 Å². The number of pyridine rings is 1. The van der Waals surface area contributed by atoms with Crippen LogP contribution in [0, 0.1) is 5.92 Å². The number of carbonyl (C=O) groups excluding carboxylic acids is 1. The average Bonchev–Trinajstić information content (AvgIpc) is 3.23. The molecule has 1 aliphatic carbocycles. The number of allylic oxidation sites excluding steroid dienone is 2. The number of imidazole rings is 1. The quantitative estimate of drug-likeness (QED) is 0.650. The van der Waals surface area contributed by atoms with E-state index in [0.717, 1.165) is 29.8 Å². The van der Waals surface area contributed by atoms with E-state index in [2.05, 4.69) is 71.4 Å². The molecule has 4 nitrogen and oxygen atoms in total. The molecule has 0 spiro atoms. The van der Waals surface area contributed by atoms with Crippen molar-refractivity contribution in [3.05, 3.63) is 60.3 Å². The molecule has 3 aromatic rings. The third-order valence-corrected chi connectivity index (χ3v) is 5.82. The summed E-state index contributed by atoms with van der Waals surface area (Å²) in [4.78, 5) is 18.0. The topological polar surface area (TPSA) is 38.8 Å². The van der Waals surface area contributed by atoms with Gasteiger partial charge in [-0.25, -0.2) is 4.98 Å². The highest BCUT2D eigenvalue weighted by Crippen LogP contribution is 2.40. The van der Waals surface area contributed by atoms with Crippen LogP contribution in [0.5, 0.6) is 0 Å². The number of benzene rings is 1. The molecule has 0 saturated carbocycles. The maximum atomic E-state index is 13.5. The van der Waals surface area contributed by atoms with Gasteiger partial charge in [-0.3, -0.25) is 4.79 Å². The van der Waals surface area contributed by atoms with Crippen LogP contribution in [-0.4, -0.2) is 15.3 Å². The predicted molar refractivity (Wildman–Crippen MR) is 106 cm³/mol. The molecule has 0 bridgehead atoms. The minimum Gasteiger partial charge on any atom is -0.334 e. The molecule has 2 aromatic heterocycles. The largest absolute Gasteiger partial charge is 0.334 e. The van der Waals surface area contributed by atoms with Crippen molar-refractivity contribution in [3.63, 3.8) is 0 Å². The highest BCUT2D eigenvalue weighted by molar-refractivity contribution is 6.30. The molecule has 4 heteroatoms. The Balaban J connectivity index is 1.54. The third kappa shape index (κ3) is 2.39. The molecule has 0 fully saturated rings. The van der Waals surface area contributed by atoms with Crippen LogP contribution in [0.15, 0.2) is 48.9 Å². The predicted octanol–water partition coefficient (Wildman–Crippen LogP) is 3.98. The third-order valence-electron chi connectivity index (χ3n) is 5.82. The second kappa shape index (κ2) is 5.62. The van der Waals surface area contributed by atoms with Crippen molar-refractivity contribution in [2.45, 2.75) is 45.6 Å². The Morgan fingerprint density at radius 3 is 2.85 bits per heavy atom. The van der Waals surface area contributed by atoms with Crippen LogP contribution in [0.2, 0.25) is 0 Å². The number of aromatic nitrogens is 3. The van der Waals surface area contributed by atoms with E-state index in [-0.39, 0.29) is 17.1 Å². The van der Waals surface area contributed by atoms with Crippen molar-refractivity contribution in [3.8, 4) is 0 Å². The first-order chi connectivity index (χ1) is 12.9. The van der Waals surface area contributed by atoms with Gasteiger partial charge in [0.25, 0.3) is 0 Å². The van der Waals surface area contributed by atoms with Crippen molar-refractivity contribution in [1.82, 2.24) is 9.55 Å². The van der Waals surface area contributed by atoms with Gasteiger partial charge in [-0.2, -0.15) is 4.57 Å². The van der Waals surface area contributed by atoms with Crippen molar-refractivity contribution in [2.24, 2.45) is 5.92 Å². The van der Waals surface area contributed by atoms with Crippen molar-refractivity contribution >= 4 is 28.0 Å². The van der Waals surface area contributed by atoms with Gasteiger partial charge in [-0.1, -0.05) is 26.8 Å². The van der Waals surface area contributed by atoms with E-state index in [9.17, 15) is 4.79 Å². The zero-order valence-corrected chi connectivity index (χ0v) is 16.1. The monoisotopic (exact) mass is 358 g/mol. The van der Waals surface area contributed by atoms with E-state index in [1.54, 1.807) is 0 Å². The Labute approximate surface area is 159 Å². The van der Waals surface area contributed by atoms with E-state index >= 15 is 0 Å². The SMILES string of the molecule is CC(C)(C)c1nccn1C[C@H]1CCC2=C(C1=O)c1cccc3ccc[n+]2c13. The van der Waals surface area contributed by atoms with Gasteiger partial charge in [0.15, 0.2) is 17.7 Å². The number of nitrogens with zero attached hydrogens (tertiary/aromatic N) is 3. The van der Waals surface area contributed by atoms with Gasteiger partial charge in [0.2, 0.25) is 5.52 Å². The molecule has 0 unspecified atom stereocenters. The van der Waals surface area contributed by atoms with E-state index in [4.69, 9.17) is 0 Å². The number of fused-ring (bicyclic) bond motifs is 2. The van der Waals surface area contributed by atoms with Crippen LogP contribution in [0.4, 0.5) is 0 Å². The fourth-order valence-corrected chi connectivity index (χ4v) is 4.65. The molecule has 1 atom stereocenters. The summed E-state index contributed by atoms with van der Waals surface area (Å²) in [6.45, 7) is 7.21. The van der Waals surface area contributed by atoms with Crippen LogP contribution in [-0.2, 0) is 16.8 Å². The summed E-state index contributed by atoms with van der Waals surface area (Å²) in [5.74, 6) is 1.33. The highest BCUT2D eigenvalue weighted by atomic mass is 16.1. The smallest absolute Gasteiger partial charge is 0.226 e. The first kappa shape index (κ1) is 16.4. The van der Waals surface area contributed by atoms with Gasteiger partial charge < -0.3 is 4.57 Å². The second-order valence-electron chi connectivity index (χ2n) is 8.70. The number of para-hydroxylation sites is 1. The summed E-state index contributed by atoms with van der Waals surface area (Å²) < 4.78 is 4.40. The van der Waals surface area contributed by atoms with Gasteiger partial charge >= 0.3 is 0 Å². The van der Waals surface area contributed by atoms with Crippen molar-refractivity contribution in [1.29, 1.82) is 0 Å². The minimum absolute atomic E-state index is 0.00391. The summed E-state index contributed by atoms with van der Waals surface area (Å²) >= 11 is 0. The van der Waals surface area contributed by atoms with E-state index in [1.807, 2.05) is 12.4 Å². The number of carbonyl (C=O) groups is 1. The standard InChI is InChI=1S/C23H24N3O/c1-23(2,3)22-24-11-13-25(22)14-16-9-10-18-19(21(16)27)17-8-4-6-15-7-5-12-26(18)20(15)17/h4-8,11-13,16H,9-10,14H2,1-3H3/q+1/t16-/m1/s1. The second-order valence-corrected chi connectivity index (χ2v) is 8.70. The molecule has 0 amide bonds. The Hall–Kier alpha value is -2.75. The molecule has 27 heavy (non-hydrogen) atoms. The number of Topliss-reactive ketones (excluding diaryl/α,β-unsaturated/α-hetero) is 1. The molecule has 3 heterocycles. The van der Waals surface area contributed by atoms with Crippen LogP contribution < -0.4 is 4.57 Å².